The Labute approximate surface area is 188 Å². The van der Waals surface area contributed by atoms with Crippen molar-refractivity contribution in [3.05, 3.63) is 65.0 Å². The highest BCUT2D eigenvalue weighted by Crippen LogP contribution is 2.39. The van der Waals surface area contributed by atoms with Crippen molar-refractivity contribution in [3.63, 3.8) is 0 Å². The second kappa shape index (κ2) is 10.1. The largest absolute Gasteiger partial charge is 0.484 e. The van der Waals surface area contributed by atoms with Gasteiger partial charge in [-0.1, -0.05) is 39.0 Å². The Kier molecular flexibility index (Phi) is 7.51. The molecule has 32 heavy (non-hydrogen) atoms. The van der Waals surface area contributed by atoms with Crippen LogP contribution in [0.3, 0.4) is 0 Å². The zero-order valence-electron chi connectivity index (χ0n) is 19.1. The number of hydrogen-bond acceptors (Lipinski definition) is 4. The minimum absolute atomic E-state index is 0.00116. The average molecular weight is 443 g/mol. The lowest BCUT2D eigenvalue weighted by molar-refractivity contribution is -0.141. The fraction of sp³-hybridized carbons (Fsp3) is 0.440. The van der Waals surface area contributed by atoms with Crippen LogP contribution >= 0.6 is 0 Å². The number of methoxy groups -OCH3 is 1. The summed E-state index contributed by atoms with van der Waals surface area (Å²) in [7, 11) is 1.57. The van der Waals surface area contributed by atoms with Gasteiger partial charge in [-0.05, 0) is 47.4 Å². The number of nitrogens with one attached hydrogen (secondary N) is 1. The van der Waals surface area contributed by atoms with Crippen molar-refractivity contribution in [1.29, 1.82) is 0 Å². The Hall–Kier alpha value is -2.93. The van der Waals surface area contributed by atoms with Crippen LogP contribution in [-0.4, -0.2) is 50.1 Å². The highest BCUT2D eigenvalue weighted by atomic mass is 19.1. The zero-order chi connectivity index (χ0) is 23.3. The quantitative estimate of drug-likeness (QED) is 0.667. The molecule has 0 bridgehead atoms. The lowest BCUT2D eigenvalue weighted by Crippen LogP contribution is -2.45. The average Bonchev–Trinajstić information content (AvgIpc) is 2.75. The van der Waals surface area contributed by atoms with Gasteiger partial charge in [-0.2, -0.15) is 0 Å². The monoisotopic (exact) mass is 442 g/mol. The molecule has 0 saturated carbocycles. The molecule has 3 rings (SSSR count). The van der Waals surface area contributed by atoms with Crippen LogP contribution < -0.4 is 10.1 Å². The first-order chi connectivity index (χ1) is 15.2. The Bertz CT molecular complexity index is 971. The standard InChI is InChI=1S/C25H31FN2O4/c1-25(2,3)24(30)28-12-10-17-8-9-20(32-16-22(29)27-11-13-31-4)15-21(17)23(28)18-6-5-7-19(26)14-18/h5-9,14-15,23H,10-13,16H2,1-4H3,(H,27,29). The molecule has 1 unspecified atom stereocenters. The summed E-state index contributed by atoms with van der Waals surface area (Å²) in [6.07, 6.45) is 0.695. The first-order valence-corrected chi connectivity index (χ1v) is 10.8. The molecule has 1 N–H and O–H groups in total. The minimum atomic E-state index is -0.572. The Balaban J connectivity index is 1.91. The molecular formula is C25H31FN2O4. The fourth-order valence-corrected chi connectivity index (χ4v) is 3.86. The molecule has 1 aliphatic heterocycles. The normalized spacial score (nSPS) is 15.8. The van der Waals surface area contributed by atoms with E-state index in [-0.39, 0.29) is 24.2 Å². The van der Waals surface area contributed by atoms with E-state index >= 15 is 0 Å². The highest BCUT2D eigenvalue weighted by Gasteiger charge is 2.37. The molecule has 7 heteroatoms. The minimum Gasteiger partial charge on any atom is -0.484 e. The van der Waals surface area contributed by atoms with Gasteiger partial charge < -0.3 is 19.7 Å². The molecule has 1 aliphatic rings. The van der Waals surface area contributed by atoms with Gasteiger partial charge in [-0.25, -0.2) is 4.39 Å². The Morgan fingerprint density at radius 3 is 2.66 bits per heavy atom. The second-order valence-electron chi connectivity index (χ2n) is 8.95. The number of hydrogen-bond donors (Lipinski definition) is 1. The van der Waals surface area contributed by atoms with Crippen molar-refractivity contribution >= 4 is 11.8 Å². The third-order valence-corrected chi connectivity index (χ3v) is 5.41. The van der Waals surface area contributed by atoms with Gasteiger partial charge in [-0.15, -0.1) is 0 Å². The van der Waals surface area contributed by atoms with Crippen molar-refractivity contribution in [1.82, 2.24) is 10.2 Å². The molecule has 2 aromatic rings. The van der Waals surface area contributed by atoms with E-state index in [1.807, 2.05) is 49.9 Å². The molecule has 0 aromatic heterocycles. The molecule has 6 nitrogen and oxygen atoms in total. The Morgan fingerprint density at radius 1 is 1.19 bits per heavy atom. The van der Waals surface area contributed by atoms with Crippen molar-refractivity contribution < 1.29 is 23.5 Å². The second-order valence-corrected chi connectivity index (χ2v) is 8.95. The lowest BCUT2D eigenvalue weighted by atomic mass is 9.85. The molecule has 0 saturated heterocycles. The predicted molar refractivity (Wildman–Crippen MR) is 120 cm³/mol. The molecule has 0 fully saturated rings. The number of carbonyl (C=O) groups is 2. The van der Waals surface area contributed by atoms with E-state index in [2.05, 4.69) is 5.32 Å². The van der Waals surface area contributed by atoms with Gasteiger partial charge in [-0.3, -0.25) is 9.59 Å². The fourth-order valence-electron chi connectivity index (χ4n) is 3.86. The number of nitrogens with zero attached hydrogens (tertiary/aromatic N) is 1. The van der Waals surface area contributed by atoms with Crippen LogP contribution in [0, 0.1) is 11.2 Å². The summed E-state index contributed by atoms with van der Waals surface area (Å²) in [5, 5.41) is 2.71. The van der Waals surface area contributed by atoms with Gasteiger partial charge in [0.15, 0.2) is 6.61 Å². The number of amides is 2. The third-order valence-electron chi connectivity index (χ3n) is 5.41. The van der Waals surface area contributed by atoms with Gasteiger partial charge in [0.1, 0.15) is 11.6 Å². The van der Waals surface area contributed by atoms with Crippen molar-refractivity contribution in [3.8, 4) is 5.75 Å². The van der Waals surface area contributed by atoms with E-state index < -0.39 is 11.5 Å². The maximum atomic E-state index is 14.1. The van der Waals surface area contributed by atoms with Gasteiger partial charge in [0.2, 0.25) is 5.91 Å². The van der Waals surface area contributed by atoms with Crippen LogP contribution in [0.2, 0.25) is 0 Å². The van der Waals surface area contributed by atoms with Crippen LogP contribution in [-0.2, 0) is 20.7 Å². The van der Waals surface area contributed by atoms with Gasteiger partial charge in [0, 0.05) is 25.6 Å². The van der Waals surface area contributed by atoms with Gasteiger partial charge >= 0.3 is 0 Å². The summed E-state index contributed by atoms with van der Waals surface area (Å²) in [6, 6.07) is 11.6. The van der Waals surface area contributed by atoms with Crippen molar-refractivity contribution in [2.75, 3.05) is 33.4 Å². The van der Waals surface area contributed by atoms with Gasteiger partial charge in [0.05, 0.1) is 12.6 Å². The molecule has 1 heterocycles. The number of carbonyl (C=O) groups excluding carboxylic acids is 2. The SMILES string of the molecule is COCCNC(=O)COc1ccc2c(c1)C(c1cccc(F)c1)N(C(=O)C(C)(C)C)CC2. The molecule has 2 aromatic carbocycles. The Morgan fingerprint density at radius 2 is 1.97 bits per heavy atom. The topological polar surface area (TPSA) is 67.9 Å². The lowest BCUT2D eigenvalue weighted by Gasteiger charge is -2.41. The molecule has 172 valence electrons. The molecular weight excluding hydrogens is 411 g/mol. The van der Waals surface area contributed by atoms with Crippen LogP contribution in [0.4, 0.5) is 4.39 Å². The van der Waals surface area contributed by atoms with Crippen LogP contribution in [0.25, 0.3) is 0 Å². The molecule has 0 aliphatic carbocycles. The molecule has 2 amide bonds. The molecule has 1 atom stereocenters. The third kappa shape index (κ3) is 5.65. The summed E-state index contributed by atoms with van der Waals surface area (Å²) in [5.74, 6) is -0.0674. The van der Waals surface area contributed by atoms with E-state index in [1.54, 1.807) is 13.2 Å². The van der Waals surface area contributed by atoms with Gasteiger partial charge in [0.25, 0.3) is 5.91 Å². The van der Waals surface area contributed by atoms with E-state index in [0.29, 0.717) is 37.4 Å². The number of rotatable bonds is 7. The number of ether oxygens (including phenoxy) is 2. The van der Waals surface area contributed by atoms with Crippen LogP contribution in [0.1, 0.15) is 43.5 Å². The summed E-state index contributed by atoms with van der Waals surface area (Å²) in [5.41, 5.74) is 2.10. The summed E-state index contributed by atoms with van der Waals surface area (Å²) in [6.45, 7) is 6.91. The maximum Gasteiger partial charge on any atom is 0.258 e. The number of benzene rings is 2. The molecule has 0 radical (unpaired) electrons. The first-order valence-electron chi connectivity index (χ1n) is 10.8. The number of halogens is 1. The van der Waals surface area contributed by atoms with E-state index in [4.69, 9.17) is 9.47 Å². The zero-order valence-corrected chi connectivity index (χ0v) is 19.1. The predicted octanol–water partition coefficient (Wildman–Crippen LogP) is 3.49. The van der Waals surface area contributed by atoms with Crippen LogP contribution in [0.5, 0.6) is 5.75 Å². The highest BCUT2D eigenvalue weighted by molar-refractivity contribution is 5.83. The maximum absolute atomic E-state index is 14.1. The first kappa shape index (κ1) is 23.7. The summed E-state index contributed by atoms with van der Waals surface area (Å²) >= 11 is 0. The van der Waals surface area contributed by atoms with E-state index in [0.717, 1.165) is 11.1 Å². The summed E-state index contributed by atoms with van der Waals surface area (Å²) in [4.78, 5) is 27.0. The molecule has 0 spiro atoms. The van der Waals surface area contributed by atoms with Crippen molar-refractivity contribution in [2.24, 2.45) is 5.41 Å². The smallest absolute Gasteiger partial charge is 0.258 e. The van der Waals surface area contributed by atoms with E-state index in [9.17, 15) is 14.0 Å². The number of fused-ring (bicyclic) bond motifs is 1. The van der Waals surface area contributed by atoms with Crippen LogP contribution in [0.15, 0.2) is 42.5 Å². The van der Waals surface area contributed by atoms with E-state index in [1.165, 1.54) is 12.1 Å². The van der Waals surface area contributed by atoms with Crippen molar-refractivity contribution in [2.45, 2.75) is 33.2 Å². The summed E-state index contributed by atoms with van der Waals surface area (Å²) < 4.78 is 24.7.